The second-order valence-electron chi connectivity index (χ2n) is 16.1. The quantitative estimate of drug-likeness (QED) is 0.153. The molecule has 0 unspecified atom stereocenters. The average Bonchev–Trinajstić information content (AvgIpc) is 3.91. The van der Waals surface area contributed by atoms with Gasteiger partial charge in [0.15, 0.2) is 0 Å². The van der Waals surface area contributed by atoms with Gasteiger partial charge in [-0.3, -0.25) is 0 Å². The molecular weight excluding hydrogens is 765 g/mol. The van der Waals surface area contributed by atoms with Crippen molar-refractivity contribution in [3.8, 4) is 50.2 Å². The zero-order chi connectivity index (χ0) is 41.7. The predicted octanol–water partition coefficient (Wildman–Crippen LogP) is 16.8. The number of aromatic nitrogens is 1. The van der Waals surface area contributed by atoms with Crippen LogP contribution in [-0.2, 0) is 0 Å². The molecule has 2 aromatic heterocycles. The van der Waals surface area contributed by atoms with Gasteiger partial charge in [0.1, 0.15) is 11.2 Å². The van der Waals surface area contributed by atoms with Crippen molar-refractivity contribution in [1.29, 1.82) is 0 Å². The lowest BCUT2D eigenvalue weighted by atomic mass is 9.97. The van der Waals surface area contributed by atoms with Gasteiger partial charge in [0.05, 0.1) is 16.7 Å². The Morgan fingerprint density at radius 2 is 0.794 bits per heavy atom. The molecule has 0 saturated heterocycles. The molecule has 3 heteroatoms. The molecule has 12 aromatic rings. The van der Waals surface area contributed by atoms with Crippen LogP contribution < -0.4 is 4.90 Å². The van der Waals surface area contributed by atoms with Gasteiger partial charge in [0.25, 0.3) is 0 Å². The summed E-state index contributed by atoms with van der Waals surface area (Å²) in [5, 5.41) is 4.78. The maximum atomic E-state index is 6.46. The summed E-state index contributed by atoms with van der Waals surface area (Å²) < 4.78 is 8.84. The van der Waals surface area contributed by atoms with Crippen molar-refractivity contribution < 1.29 is 4.42 Å². The number of para-hydroxylation sites is 5. The van der Waals surface area contributed by atoms with E-state index in [1.807, 2.05) is 12.1 Å². The lowest BCUT2D eigenvalue weighted by Crippen LogP contribution is -2.11. The van der Waals surface area contributed by atoms with Crippen molar-refractivity contribution in [2.45, 2.75) is 0 Å². The van der Waals surface area contributed by atoms with Gasteiger partial charge in [0, 0.05) is 49.7 Å². The standard InChI is InChI=1S/C60H40N2O/c1-2-14-41(15-3-1)42-28-30-44(31-29-42)50-18-4-8-24-56(50)61(48-38-34-45(35-39-48)51-22-13-23-55-54-21-7-11-27-59(54)63-60(51)55)47-36-32-43(33-37-47)46-16-12-17-49(40-46)62-57-25-9-5-19-52(57)53-20-6-10-26-58(53)62/h1-40H. The van der Waals surface area contributed by atoms with Gasteiger partial charge >= 0.3 is 0 Å². The molecule has 0 N–H and O–H groups in total. The van der Waals surface area contributed by atoms with Gasteiger partial charge in [-0.15, -0.1) is 0 Å². The highest BCUT2D eigenvalue weighted by Gasteiger charge is 2.19. The van der Waals surface area contributed by atoms with Gasteiger partial charge < -0.3 is 13.9 Å². The topological polar surface area (TPSA) is 21.3 Å². The minimum absolute atomic E-state index is 0.901. The van der Waals surface area contributed by atoms with E-state index in [1.54, 1.807) is 0 Å². The summed E-state index contributed by atoms with van der Waals surface area (Å²) >= 11 is 0. The molecule has 0 atom stereocenters. The van der Waals surface area contributed by atoms with Crippen molar-refractivity contribution >= 4 is 60.8 Å². The Morgan fingerprint density at radius 1 is 0.317 bits per heavy atom. The van der Waals surface area contributed by atoms with Gasteiger partial charge in [0.2, 0.25) is 0 Å². The van der Waals surface area contributed by atoms with E-state index in [1.165, 1.54) is 32.9 Å². The first-order valence-corrected chi connectivity index (χ1v) is 21.5. The summed E-state index contributed by atoms with van der Waals surface area (Å²) in [6.07, 6.45) is 0. The molecule has 3 nitrogen and oxygen atoms in total. The Hall–Kier alpha value is -8.40. The van der Waals surface area contributed by atoms with Crippen LogP contribution in [0.15, 0.2) is 247 Å². The van der Waals surface area contributed by atoms with E-state index >= 15 is 0 Å². The molecular formula is C60H40N2O. The highest BCUT2D eigenvalue weighted by molar-refractivity contribution is 6.10. The number of nitrogens with zero attached hydrogens (tertiary/aromatic N) is 2. The van der Waals surface area contributed by atoms with Crippen LogP contribution in [0, 0.1) is 0 Å². The molecule has 2 heterocycles. The maximum Gasteiger partial charge on any atom is 0.143 e. The summed E-state index contributed by atoms with van der Waals surface area (Å²) in [5.41, 5.74) is 17.8. The highest BCUT2D eigenvalue weighted by atomic mass is 16.3. The van der Waals surface area contributed by atoms with E-state index in [9.17, 15) is 0 Å². The van der Waals surface area contributed by atoms with E-state index in [0.29, 0.717) is 0 Å². The summed E-state index contributed by atoms with van der Waals surface area (Å²) in [5.74, 6) is 0. The number of hydrogen-bond acceptors (Lipinski definition) is 2. The molecule has 10 aromatic carbocycles. The van der Waals surface area contributed by atoms with E-state index in [0.717, 1.165) is 78.1 Å². The van der Waals surface area contributed by atoms with E-state index < -0.39 is 0 Å². The molecule has 0 spiro atoms. The fourth-order valence-corrected chi connectivity index (χ4v) is 9.41. The van der Waals surface area contributed by atoms with Crippen molar-refractivity contribution in [3.63, 3.8) is 0 Å². The predicted molar refractivity (Wildman–Crippen MR) is 264 cm³/mol. The number of fused-ring (bicyclic) bond motifs is 6. The first-order valence-electron chi connectivity index (χ1n) is 21.5. The third-order valence-corrected chi connectivity index (χ3v) is 12.4. The fourth-order valence-electron chi connectivity index (χ4n) is 9.41. The summed E-state index contributed by atoms with van der Waals surface area (Å²) in [7, 11) is 0. The second-order valence-corrected chi connectivity index (χ2v) is 16.1. The van der Waals surface area contributed by atoms with Crippen LogP contribution in [0.3, 0.4) is 0 Å². The van der Waals surface area contributed by atoms with Gasteiger partial charge in [-0.05, 0) is 94.0 Å². The normalized spacial score (nSPS) is 11.5. The van der Waals surface area contributed by atoms with Crippen LogP contribution in [0.25, 0.3) is 93.9 Å². The monoisotopic (exact) mass is 804 g/mol. The number of rotatable bonds is 8. The summed E-state index contributed by atoms with van der Waals surface area (Å²) in [4.78, 5) is 2.38. The SMILES string of the molecule is c1ccc(-c2ccc(-c3ccccc3N(c3ccc(-c4cccc(-n5c6ccccc6c6ccccc65)c4)cc3)c3ccc(-c4cccc5c4oc4ccccc45)cc3)cc2)cc1. The highest BCUT2D eigenvalue weighted by Crippen LogP contribution is 2.43. The lowest BCUT2D eigenvalue weighted by Gasteiger charge is -2.28. The molecule has 0 aliphatic heterocycles. The molecule has 0 aliphatic carbocycles. The van der Waals surface area contributed by atoms with Gasteiger partial charge in [-0.2, -0.15) is 0 Å². The Morgan fingerprint density at radius 3 is 1.52 bits per heavy atom. The third-order valence-electron chi connectivity index (χ3n) is 12.4. The molecule has 12 rings (SSSR count). The number of furan rings is 1. The molecule has 296 valence electrons. The Labute approximate surface area is 366 Å². The molecule has 0 bridgehead atoms. The van der Waals surface area contributed by atoms with Crippen LogP contribution in [-0.4, -0.2) is 4.57 Å². The maximum absolute atomic E-state index is 6.46. The largest absolute Gasteiger partial charge is 0.455 e. The van der Waals surface area contributed by atoms with Crippen LogP contribution in [0.1, 0.15) is 0 Å². The average molecular weight is 805 g/mol. The minimum Gasteiger partial charge on any atom is -0.455 e. The molecule has 0 saturated carbocycles. The molecule has 63 heavy (non-hydrogen) atoms. The van der Waals surface area contributed by atoms with Crippen molar-refractivity contribution in [1.82, 2.24) is 4.57 Å². The summed E-state index contributed by atoms with van der Waals surface area (Å²) in [6.45, 7) is 0. The van der Waals surface area contributed by atoms with E-state index in [2.05, 4.69) is 240 Å². The molecule has 0 amide bonds. The second kappa shape index (κ2) is 15.3. The Kier molecular flexibility index (Phi) is 8.83. The number of anilines is 3. The van der Waals surface area contributed by atoms with Crippen LogP contribution in [0.4, 0.5) is 17.1 Å². The Balaban J connectivity index is 0.953. The number of hydrogen-bond donors (Lipinski definition) is 0. The van der Waals surface area contributed by atoms with Crippen molar-refractivity contribution in [2.24, 2.45) is 0 Å². The van der Waals surface area contributed by atoms with Crippen LogP contribution in [0.2, 0.25) is 0 Å². The Bertz CT molecular complexity index is 3550. The first kappa shape index (κ1) is 36.5. The summed E-state index contributed by atoms with van der Waals surface area (Å²) in [6, 6.07) is 87.1. The van der Waals surface area contributed by atoms with Crippen LogP contribution in [0.5, 0.6) is 0 Å². The molecule has 0 radical (unpaired) electrons. The number of benzene rings is 10. The molecule has 0 fully saturated rings. The van der Waals surface area contributed by atoms with Crippen molar-refractivity contribution in [3.05, 3.63) is 243 Å². The first-order chi connectivity index (χ1) is 31.2. The minimum atomic E-state index is 0.901. The van der Waals surface area contributed by atoms with E-state index in [4.69, 9.17) is 4.42 Å². The zero-order valence-electron chi connectivity index (χ0n) is 34.4. The van der Waals surface area contributed by atoms with Crippen LogP contribution >= 0.6 is 0 Å². The third kappa shape index (κ3) is 6.38. The van der Waals surface area contributed by atoms with E-state index in [-0.39, 0.29) is 0 Å². The van der Waals surface area contributed by atoms with Crippen molar-refractivity contribution in [2.75, 3.05) is 4.90 Å². The smallest absolute Gasteiger partial charge is 0.143 e. The fraction of sp³-hybridized carbons (Fsp3) is 0. The zero-order valence-corrected chi connectivity index (χ0v) is 34.4. The lowest BCUT2D eigenvalue weighted by molar-refractivity contribution is 0.670. The molecule has 0 aliphatic rings. The van der Waals surface area contributed by atoms with Gasteiger partial charge in [-0.25, -0.2) is 0 Å². The van der Waals surface area contributed by atoms with Gasteiger partial charge in [-0.1, -0.05) is 182 Å².